The zero-order chi connectivity index (χ0) is 14.8. The molecule has 0 unspecified atom stereocenters. The first kappa shape index (κ1) is 15.5. The molecule has 0 radical (unpaired) electrons. The number of amides is 1. The van der Waals surface area contributed by atoms with Crippen LogP contribution in [0.1, 0.15) is 49.9 Å². The normalized spacial score (nSPS) is 20.4. The molecule has 0 heterocycles. The van der Waals surface area contributed by atoms with Crippen LogP contribution in [0.25, 0.3) is 0 Å². The van der Waals surface area contributed by atoms with Gasteiger partial charge in [0.25, 0.3) is 5.91 Å². The van der Waals surface area contributed by atoms with Gasteiger partial charge in [-0.1, -0.05) is 29.8 Å². The van der Waals surface area contributed by atoms with Crippen molar-refractivity contribution < 1.29 is 9.90 Å². The average molecular weight is 340 g/mol. The topological polar surface area (TPSA) is 49.3 Å². The molecule has 1 aromatic rings. The predicted octanol–water partition coefficient (Wildman–Crippen LogP) is 3.51. The van der Waals surface area contributed by atoms with E-state index in [0.717, 1.165) is 30.2 Å². The summed E-state index contributed by atoms with van der Waals surface area (Å²) >= 11 is 3.34. The molecule has 110 valence electrons. The number of hydrogen-bond acceptors (Lipinski definition) is 2. The van der Waals surface area contributed by atoms with Gasteiger partial charge in [-0.3, -0.25) is 4.79 Å². The molecule has 0 bridgehead atoms. The summed E-state index contributed by atoms with van der Waals surface area (Å²) in [5, 5.41) is 13.4. The third kappa shape index (κ3) is 4.06. The first-order valence-corrected chi connectivity index (χ1v) is 7.85. The van der Waals surface area contributed by atoms with Crippen molar-refractivity contribution in [2.45, 2.75) is 45.1 Å². The van der Waals surface area contributed by atoms with E-state index < -0.39 is 5.60 Å². The number of carbonyl (C=O) groups excluding carboxylic acids is 1. The summed E-state index contributed by atoms with van der Waals surface area (Å²) in [6, 6.07) is 7.22. The second kappa shape index (κ2) is 5.86. The van der Waals surface area contributed by atoms with Gasteiger partial charge in [-0.15, -0.1) is 0 Å². The Bertz CT molecular complexity index is 472. The van der Waals surface area contributed by atoms with Gasteiger partial charge in [0.2, 0.25) is 0 Å². The second-order valence-electron chi connectivity index (χ2n) is 6.58. The summed E-state index contributed by atoms with van der Waals surface area (Å²) in [5.74, 6) is -0.129. The Balaban J connectivity index is 1.89. The van der Waals surface area contributed by atoms with Crippen LogP contribution < -0.4 is 5.32 Å². The number of nitrogens with one attached hydrogen (secondary N) is 1. The van der Waals surface area contributed by atoms with Gasteiger partial charge in [0.05, 0.1) is 5.60 Å². The Morgan fingerprint density at radius 3 is 2.30 bits per heavy atom. The van der Waals surface area contributed by atoms with E-state index in [1.165, 1.54) is 0 Å². The third-order valence-electron chi connectivity index (χ3n) is 4.22. The predicted molar refractivity (Wildman–Crippen MR) is 83.7 cm³/mol. The fourth-order valence-electron chi connectivity index (χ4n) is 2.52. The van der Waals surface area contributed by atoms with Crippen LogP contribution in [0.5, 0.6) is 0 Å². The number of aliphatic hydroxyl groups is 1. The second-order valence-corrected chi connectivity index (χ2v) is 7.49. The van der Waals surface area contributed by atoms with Gasteiger partial charge < -0.3 is 10.4 Å². The first-order chi connectivity index (χ1) is 9.30. The molecule has 20 heavy (non-hydrogen) atoms. The summed E-state index contributed by atoms with van der Waals surface area (Å²) < 4.78 is 0.946. The molecule has 1 aliphatic rings. The number of hydrogen-bond donors (Lipinski definition) is 2. The molecular formula is C16H22BrNO2. The lowest BCUT2D eigenvalue weighted by Crippen LogP contribution is -2.46. The Morgan fingerprint density at radius 2 is 1.75 bits per heavy atom. The molecule has 0 aliphatic heterocycles. The molecule has 4 heteroatoms. The Kier molecular flexibility index (Phi) is 4.55. The van der Waals surface area contributed by atoms with Gasteiger partial charge in [0.15, 0.2) is 0 Å². The number of benzene rings is 1. The zero-order valence-electron chi connectivity index (χ0n) is 12.1. The van der Waals surface area contributed by atoms with Crippen LogP contribution in [0.2, 0.25) is 0 Å². The summed E-state index contributed by atoms with van der Waals surface area (Å²) in [5.41, 5.74) is 0.176. The molecule has 1 aliphatic carbocycles. The average Bonchev–Trinajstić information content (AvgIpc) is 2.41. The van der Waals surface area contributed by atoms with Crippen LogP contribution in [-0.4, -0.2) is 23.2 Å². The Hall–Kier alpha value is -0.870. The molecule has 1 amide bonds. The molecule has 0 saturated heterocycles. The minimum atomic E-state index is -0.749. The highest BCUT2D eigenvalue weighted by atomic mass is 79.9. The van der Waals surface area contributed by atoms with Crippen LogP contribution >= 0.6 is 15.9 Å². The number of halogens is 1. The van der Waals surface area contributed by atoms with Crippen LogP contribution in [0.4, 0.5) is 0 Å². The molecule has 2 N–H and O–H groups in total. The highest BCUT2D eigenvalue weighted by Gasteiger charge is 2.36. The lowest BCUT2D eigenvalue weighted by Gasteiger charge is -2.40. The zero-order valence-corrected chi connectivity index (χ0v) is 13.7. The smallest absolute Gasteiger partial charge is 0.251 e. The summed E-state index contributed by atoms with van der Waals surface area (Å²) in [6.07, 6.45) is 3.50. The molecule has 1 fully saturated rings. The maximum absolute atomic E-state index is 12.0. The van der Waals surface area contributed by atoms with E-state index in [4.69, 9.17) is 0 Å². The van der Waals surface area contributed by atoms with E-state index in [0.29, 0.717) is 17.5 Å². The van der Waals surface area contributed by atoms with E-state index in [9.17, 15) is 9.90 Å². The molecular weight excluding hydrogens is 318 g/mol. The van der Waals surface area contributed by atoms with Crippen molar-refractivity contribution >= 4 is 21.8 Å². The standard InChI is InChI=1S/C16H22BrNO2/c1-15(2)7-9-16(20,10-8-15)11-18-14(19)12-3-5-13(17)6-4-12/h3-6,20H,7-11H2,1-2H3,(H,18,19). The van der Waals surface area contributed by atoms with Gasteiger partial charge in [-0.25, -0.2) is 0 Å². The Labute approximate surface area is 128 Å². The van der Waals surface area contributed by atoms with Crippen LogP contribution in [0, 0.1) is 5.41 Å². The first-order valence-electron chi connectivity index (χ1n) is 7.06. The van der Waals surface area contributed by atoms with Crippen molar-refractivity contribution in [1.82, 2.24) is 5.32 Å². The van der Waals surface area contributed by atoms with E-state index in [1.54, 1.807) is 12.1 Å². The molecule has 1 aromatic carbocycles. The van der Waals surface area contributed by atoms with Gasteiger partial charge in [0, 0.05) is 16.6 Å². The molecule has 0 aromatic heterocycles. The van der Waals surface area contributed by atoms with Crippen molar-refractivity contribution in [1.29, 1.82) is 0 Å². The molecule has 0 spiro atoms. The highest BCUT2D eigenvalue weighted by Crippen LogP contribution is 2.39. The van der Waals surface area contributed by atoms with Crippen molar-refractivity contribution in [2.24, 2.45) is 5.41 Å². The van der Waals surface area contributed by atoms with Gasteiger partial charge in [-0.05, 0) is 55.4 Å². The monoisotopic (exact) mass is 339 g/mol. The largest absolute Gasteiger partial charge is 0.388 e. The highest BCUT2D eigenvalue weighted by molar-refractivity contribution is 9.10. The molecule has 3 nitrogen and oxygen atoms in total. The van der Waals surface area contributed by atoms with Gasteiger partial charge >= 0.3 is 0 Å². The maximum atomic E-state index is 12.0. The van der Waals surface area contributed by atoms with Gasteiger partial charge in [0.1, 0.15) is 0 Å². The van der Waals surface area contributed by atoms with Crippen molar-refractivity contribution in [3.63, 3.8) is 0 Å². The molecule has 1 saturated carbocycles. The van der Waals surface area contributed by atoms with Crippen molar-refractivity contribution in [2.75, 3.05) is 6.54 Å². The fraction of sp³-hybridized carbons (Fsp3) is 0.562. The lowest BCUT2D eigenvalue weighted by molar-refractivity contribution is -0.0233. The Morgan fingerprint density at radius 1 is 1.20 bits per heavy atom. The van der Waals surface area contributed by atoms with E-state index >= 15 is 0 Å². The number of carbonyl (C=O) groups is 1. The summed E-state index contributed by atoms with van der Waals surface area (Å²) in [6.45, 7) is 4.79. The van der Waals surface area contributed by atoms with E-state index in [-0.39, 0.29) is 5.91 Å². The quantitative estimate of drug-likeness (QED) is 0.885. The maximum Gasteiger partial charge on any atom is 0.251 e. The molecule has 2 rings (SSSR count). The minimum Gasteiger partial charge on any atom is -0.388 e. The van der Waals surface area contributed by atoms with E-state index in [2.05, 4.69) is 35.1 Å². The van der Waals surface area contributed by atoms with Crippen molar-refractivity contribution in [3.05, 3.63) is 34.3 Å². The number of rotatable bonds is 3. The van der Waals surface area contributed by atoms with Gasteiger partial charge in [-0.2, -0.15) is 0 Å². The van der Waals surface area contributed by atoms with Crippen LogP contribution in [0.15, 0.2) is 28.7 Å². The molecule has 0 atom stereocenters. The van der Waals surface area contributed by atoms with Crippen LogP contribution in [-0.2, 0) is 0 Å². The van der Waals surface area contributed by atoms with Crippen LogP contribution in [0.3, 0.4) is 0 Å². The van der Waals surface area contributed by atoms with Crippen molar-refractivity contribution in [3.8, 4) is 0 Å². The lowest BCUT2D eigenvalue weighted by atomic mass is 9.71. The SMILES string of the molecule is CC1(C)CCC(O)(CNC(=O)c2ccc(Br)cc2)CC1. The summed E-state index contributed by atoms with van der Waals surface area (Å²) in [4.78, 5) is 12.0. The fourth-order valence-corrected chi connectivity index (χ4v) is 2.78. The summed E-state index contributed by atoms with van der Waals surface area (Å²) in [7, 11) is 0. The third-order valence-corrected chi connectivity index (χ3v) is 4.75. The van der Waals surface area contributed by atoms with E-state index in [1.807, 2.05) is 12.1 Å². The minimum absolute atomic E-state index is 0.129.